The van der Waals surface area contributed by atoms with Gasteiger partial charge in [-0.1, -0.05) is 23.7 Å². The topological polar surface area (TPSA) is 74.7 Å². The SMILES string of the molecule is CCOc1cc(C=Nn2cc(C)nc2N)ccc1OCc1cccc(Cl)c1. The predicted molar refractivity (Wildman–Crippen MR) is 108 cm³/mol. The fourth-order valence-corrected chi connectivity index (χ4v) is 2.72. The highest BCUT2D eigenvalue weighted by molar-refractivity contribution is 6.30. The van der Waals surface area contributed by atoms with Crippen LogP contribution in [0.1, 0.15) is 23.7 Å². The third kappa shape index (κ3) is 5.01. The Bertz CT molecular complexity index is 953. The zero-order valence-corrected chi connectivity index (χ0v) is 16.0. The van der Waals surface area contributed by atoms with E-state index in [4.69, 9.17) is 26.8 Å². The zero-order valence-electron chi connectivity index (χ0n) is 15.2. The molecule has 0 atom stereocenters. The van der Waals surface area contributed by atoms with E-state index in [0.29, 0.717) is 35.7 Å². The molecule has 0 fully saturated rings. The maximum Gasteiger partial charge on any atom is 0.221 e. The minimum atomic E-state index is 0.343. The summed E-state index contributed by atoms with van der Waals surface area (Å²) in [6.45, 7) is 4.72. The second kappa shape index (κ2) is 8.60. The third-order valence-electron chi connectivity index (χ3n) is 3.72. The Morgan fingerprint density at radius 1 is 1.19 bits per heavy atom. The molecule has 0 unspecified atom stereocenters. The normalized spacial score (nSPS) is 11.1. The summed E-state index contributed by atoms with van der Waals surface area (Å²) in [5.74, 6) is 1.65. The van der Waals surface area contributed by atoms with E-state index in [1.165, 1.54) is 4.68 Å². The van der Waals surface area contributed by atoms with Crippen LogP contribution in [0.3, 0.4) is 0 Å². The summed E-state index contributed by atoms with van der Waals surface area (Å²) >= 11 is 6.02. The zero-order chi connectivity index (χ0) is 19.2. The van der Waals surface area contributed by atoms with E-state index >= 15 is 0 Å². The van der Waals surface area contributed by atoms with Gasteiger partial charge in [0.1, 0.15) is 6.61 Å². The molecule has 1 heterocycles. The highest BCUT2D eigenvalue weighted by atomic mass is 35.5. The van der Waals surface area contributed by atoms with Gasteiger partial charge < -0.3 is 15.2 Å². The number of aryl methyl sites for hydroxylation is 1. The molecule has 0 spiro atoms. The number of nitrogens with zero attached hydrogens (tertiary/aromatic N) is 3. The van der Waals surface area contributed by atoms with Crippen molar-refractivity contribution in [1.82, 2.24) is 9.66 Å². The van der Waals surface area contributed by atoms with Gasteiger partial charge in [0.25, 0.3) is 0 Å². The van der Waals surface area contributed by atoms with Crippen LogP contribution < -0.4 is 15.2 Å². The van der Waals surface area contributed by atoms with Gasteiger partial charge in [-0.05, 0) is 55.3 Å². The first-order chi connectivity index (χ1) is 13.0. The average Bonchev–Trinajstić information content (AvgIpc) is 2.97. The van der Waals surface area contributed by atoms with Crippen LogP contribution in [0.5, 0.6) is 11.5 Å². The van der Waals surface area contributed by atoms with Crippen LogP contribution in [-0.4, -0.2) is 22.5 Å². The van der Waals surface area contributed by atoms with Gasteiger partial charge in [0.2, 0.25) is 5.95 Å². The number of halogens is 1. The highest BCUT2D eigenvalue weighted by Crippen LogP contribution is 2.29. The van der Waals surface area contributed by atoms with Gasteiger partial charge in [0, 0.05) is 5.02 Å². The molecule has 3 rings (SSSR count). The smallest absolute Gasteiger partial charge is 0.221 e. The molecule has 140 valence electrons. The summed E-state index contributed by atoms with van der Waals surface area (Å²) in [7, 11) is 0. The van der Waals surface area contributed by atoms with Crippen molar-refractivity contribution in [3.05, 3.63) is 70.5 Å². The number of anilines is 1. The second-order valence-electron chi connectivity index (χ2n) is 5.89. The largest absolute Gasteiger partial charge is 0.490 e. The van der Waals surface area contributed by atoms with Crippen LogP contribution in [-0.2, 0) is 6.61 Å². The maximum atomic E-state index is 6.02. The summed E-state index contributed by atoms with van der Waals surface area (Å²) in [5.41, 5.74) is 8.45. The number of imidazole rings is 1. The van der Waals surface area contributed by atoms with Gasteiger partial charge in [-0.3, -0.25) is 0 Å². The van der Waals surface area contributed by atoms with E-state index in [-0.39, 0.29) is 0 Å². The molecule has 1 aromatic heterocycles. The standard InChI is InChI=1S/C20H21ClN4O2/c1-3-26-19-10-15(11-23-25-12-14(2)24-20(25)22)7-8-18(19)27-13-16-5-4-6-17(21)9-16/h4-12H,3,13H2,1-2H3,(H2,22,24). The first kappa shape index (κ1) is 18.8. The van der Waals surface area contributed by atoms with E-state index in [2.05, 4.69) is 10.1 Å². The van der Waals surface area contributed by atoms with Crippen molar-refractivity contribution in [2.45, 2.75) is 20.5 Å². The van der Waals surface area contributed by atoms with Crippen LogP contribution >= 0.6 is 11.6 Å². The number of nitrogens with two attached hydrogens (primary N) is 1. The first-order valence-corrected chi connectivity index (χ1v) is 8.93. The van der Waals surface area contributed by atoms with Crippen LogP contribution in [0.25, 0.3) is 0 Å². The molecule has 6 nitrogen and oxygen atoms in total. The summed E-state index contributed by atoms with van der Waals surface area (Å²) in [5, 5.41) is 5.01. The Balaban J connectivity index is 1.76. The molecule has 0 saturated carbocycles. The van der Waals surface area contributed by atoms with Crippen LogP contribution in [0.2, 0.25) is 5.02 Å². The fourth-order valence-electron chi connectivity index (χ4n) is 2.51. The minimum Gasteiger partial charge on any atom is -0.490 e. The Hall–Kier alpha value is -2.99. The van der Waals surface area contributed by atoms with E-state index in [1.54, 1.807) is 12.4 Å². The predicted octanol–water partition coefficient (Wildman–Crippen LogP) is 4.29. The van der Waals surface area contributed by atoms with Gasteiger partial charge in [0.05, 0.1) is 24.7 Å². The maximum absolute atomic E-state index is 6.02. The molecule has 0 aliphatic carbocycles. The van der Waals surface area contributed by atoms with Crippen molar-refractivity contribution in [1.29, 1.82) is 0 Å². The molecule has 2 aromatic carbocycles. The first-order valence-electron chi connectivity index (χ1n) is 8.55. The summed E-state index contributed by atoms with van der Waals surface area (Å²) < 4.78 is 13.1. The van der Waals surface area contributed by atoms with E-state index < -0.39 is 0 Å². The van der Waals surface area contributed by atoms with Gasteiger partial charge in [-0.2, -0.15) is 5.10 Å². The molecule has 27 heavy (non-hydrogen) atoms. The van der Waals surface area contributed by atoms with E-state index in [0.717, 1.165) is 16.8 Å². The Morgan fingerprint density at radius 3 is 2.74 bits per heavy atom. The number of benzene rings is 2. The molecule has 0 aliphatic heterocycles. The van der Waals surface area contributed by atoms with E-state index in [1.807, 2.05) is 56.3 Å². The molecule has 0 saturated heterocycles. The number of rotatable bonds is 7. The van der Waals surface area contributed by atoms with Crippen molar-refractivity contribution in [3.8, 4) is 11.5 Å². The fraction of sp³-hybridized carbons (Fsp3) is 0.200. The summed E-state index contributed by atoms with van der Waals surface area (Å²) in [6.07, 6.45) is 3.46. The quantitative estimate of drug-likeness (QED) is 0.616. The van der Waals surface area contributed by atoms with Gasteiger partial charge in [0.15, 0.2) is 11.5 Å². The molecule has 0 bridgehead atoms. The lowest BCUT2D eigenvalue weighted by molar-refractivity contribution is 0.269. The number of ether oxygens (including phenoxy) is 2. The Labute approximate surface area is 163 Å². The lowest BCUT2D eigenvalue weighted by Crippen LogP contribution is -2.01. The second-order valence-corrected chi connectivity index (χ2v) is 6.32. The number of nitrogen functional groups attached to an aromatic ring is 1. The van der Waals surface area contributed by atoms with Crippen molar-refractivity contribution in [2.75, 3.05) is 12.3 Å². The number of hydrogen-bond acceptors (Lipinski definition) is 5. The van der Waals surface area contributed by atoms with Gasteiger partial charge in [-0.25, -0.2) is 9.66 Å². The molecule has 0 aliphatic rings. The lowest BCUT2D eigenvalue weighted by Gasteiger charge is -2.12. The van der Waals surface area contributed by atoms with Crippen molar-refractivity contribution < 1.29 is 9.47 Å². The highest BCUT2D eigenvalue weighted by Gasteiger charge is 2.07. The molecule has 3 aromatic rings. The molecule has 2 N–H and O–H groups in total. The molecule has 7 heteroatoms. The van der Waals surface area contributed by atoms with Gasteiger partial charge in [-0.15, -0.1) is 0 Å². The summed E-state index contributed by atoms with van der Waals surface area (Å²) in [6, 6.07) is 13.2. The van der Waals surface area contributed by atoms with Crippen LogP contribution in [0.15, 0.2) is 53.8 Å². The van der Waals surface area contributed by atoms with Crippen molar-refractivity contribution >= 4 is 23.8 Å². The van der Waals surface area contributed by atoms with Crippen LogP contribution in [0.4, 0.5) is 5.95 Å². The summed E-state index contributed by atoms with van der Waals surface area (Å²) in [4.78, 5) is 4.12. The lowest BCUT2D eigenvalue weighted by atomic mass is 10.2. The molecule has 0 amide bonds. The minimum absolute atomic E-state index is 0.343. The molecular weight excluding hydrogens is 364 g/mol. The Kier molecular flexibility index (Phi) is 5.98. The van der Waals surface area contributed by atoms with E-state index in [9.17, 15) is 0 Å². The Morgan fingerprint density at radius 2 is 2.04 bits per heavy atom. The molecule has 0 radical (unpaired) electrons. The average molecular weight is 385 g/mol. The van der Waals surface area contributed by atoms with Crippen molar-refractivity contribution in [3.63, 3.8) is 0 Å². The van der Waals surface area contributed by atoms with Crippen molar-refractivity contribution in [2.24, 2.45) is 5.10 Å². The molecular formula is C20H21ClN4O2. The van der Waals surface area contributed by atoms with Crippen LogP contribution in [0, 0.1) is 6.92 Å². The third-order valence-corrected chi connectivity index (χ3v) is 3.95. The number of hydrogen-bond donors (Lipinski definition) is 1. The number of aromatic nitrogens is 2. The van der Waals surface area contributed by atoms with Gasteiger partial charge >= 0.3 is 0 Å². The monoisotopic (exact) mass is 384 g/mol.